The van der Waals surface area contributed by atoms with Crippen LogP contribution in [0.5, 0.6) is 11.5 Å². The van der Waals surface area contributed by atoms with Crippen molar-refractivity contribution in [3.63, 3.8) is 0 Å². The number of carbonyl (C=O) groups is 1. The predicted octanol–water partition coefficient (Wildman–Crippen LogP) is 4.11. The first-order chi connectivity index (χ1) is 9.01. The van der Waals surface area contributed by atoms with Crippen LogP contribution >= 0.6 is 31.9 Å². The van der Waals surface area contributed by atoms with Gasteiger partial charge in [-0.2, -0.15) is 0 Å². The lowest BCUT2D eigenvalue weighted by molar-refractivity contribution is -0.131. The Morgan fingerprint density at radius 2 is 1.89 bits per heavy atom. The molecule has 1 rings (SSSR count). The Kier molecular flexibility index (Phi) is 6.37. The lowest BCUT2D eigenvalue weighted by Gasteiger charge is -2.15. The maximum atomic E-state index is 10.6. The van der Waals surface area contributed by atoms with E-state index in [1.165, 1.54) is 6.08 Å². The largest absolute Gasteiger partial charge is 0.490 e. The van der Waals surface area contributed by atoms with Crippen LogP contribution < -0.4 is 9.47 Å². The summed E-state index contributed by atoms with van der Waals surface area (Å²) in [6, 6.07) is 1.74. The Morgan fingerprint density at radius 3 is 2.42 bits per heavy atom. The number of rotatable bonds is 6. The monoisotopic (exact) mass is 392 g/mol. The first-order valence-corrected chi connectivity index (χ1v) is 7.28. The third-order valence-corrected chi connectivity index (χ3v) is 4.29. The Labute approximate surface area is 128 Å². The van der Waals surface area contributed by atoms with Gasteiger partial charge in [-0.15, -0.1) is 0 Å². The van der Waals surface area contributed by atoms with Gasteiger partial charge in [-0.05, 0) is 63.4 Å². The minimum atomic E-state index is -1.00. The predicted molar refractivity (Wildman–Crippen MR) is 80.8 cm³/mol. The van der Waals surface area contributed by atoms with Crippen LogP contribution in [0.4, 0.5) is 0 Å². The van der Waals surface area contributed by atoms with Gasteiger partial charge in [0, 0.05) is 10.5 Å². The van der Waals surface area contributed by atoms with E-state index in [9.17, 15) is 4.79 Å². The molecule has 0 aliphatic rings. The third-order valence-electron chi connectivity index (χ3n) is 2.15. The van der Waals surface area contributed by atoms with E-state index in [1.54, 1.807) is 6.07 Å². The highest BCUT2D eigenvalue weighted by molar-refractivity contribution is 9.13. The van der Waals surface area contributed by atoms with Crippen molar-refractivity contribution in [2.45, 2.75) is 13.8 Å². The quantitative estimate of drug-likeness (QED) is 0.739. The minimum Gasteiger partial charge on any atom is -0.490 e. The number of halogens is 2. The molecule has 6 heteroatoms. The second-order valence-electron chi connectivity index (χ2n) is 3.46. The fraction of sp³-hybridized carbons (Fsp3) is 0.308. The number of benzene rings is 1. The van der Waals surface area contributed by atoms with Crippen LogP contribution in [0.1, 0.15) is 19.4 Å². The van der Waals surface area contributed by atoms with Crippen LogP contribution in [0.15, 0.2) is 21.1 Å². The molecule has 0 atom stereocenters. The Morgan fingerprint density at radius 1 is 1.26 bits per heavy atom. The van der Waals surface area contributed by atoms with Gasteiger partial charge in [-0.25, -0.2) is 4.79 Å². The van der Waals surface area contributed by atoms with E-state index >= 15 is 0 Å². The second kappa shape index (κ2) is 7.55. The number of hydrogen-bond acceptors (Lipinski definition) is 3. The lowest BCUT2D eigenvalue weighted by Crippen LogP contribution is -2.00. The Bertz CT molecular complexity index is 498. The highest BCUT2D eigenvalue weighted by atomic mass is 79.9. The first-order valence-electron chi connectivity index (χ1n) is 5.69. The summed E-state index contributed by atoms with van der Waals surface area (Å²) in [5.41, 5.74) is 0.696. The number of ether oxygens (including phenoxy) is 2. The summed E-state index contributed by atoms with van der Waals surface area (Å²) in [6.45, 7) is 4.76. The van der Waals surface area contributed by atoms with Gasteiger partial charge in [-0.1, -0.05) is 0 Å². The van der Waals surface area contributed by atoms with E-state index in [0.717, 1.165) is 10.5 Å². The number of carboxylic acid groups (broad SMARTS) is 1. The maximum Gasteiger partial charge on any atom is 0.328 e. The van der Waals surface area contributed by atoms with Crippen molar-refractivity contribution in [2.24, 2.45) is 0 Å². The van der Waals surface area contributed by atoms with Gasteiger partial charge < -0.3 is 14.6 Å². The average Bonchev–Trinajstić information content (AvgIpc) is 2.36. The normalized spacial score (nSPS) is 10.7. The fourth-order valence-corrected chi connectivity index (χ4v) is 2.39. The molecule has 0 fully saturated rings. The summed E-state index contributed by atoms with van der Waals surface area (Å²) in [4.78, 5) is 10.6. The van der Waals surface area contributed by atoms with Gasteiger partial charge in [0.2, 0.25) is 0 Å². The number of aliphatic carboxylic acids is 1. The molecule has 1 aromatic carbocycles. The first kappa shape index (κ1) is 16.0. The van der Waals surface area contributed by atoms with Gasteiger partial charge in [0.25, 0.3) is 0 Å². The second-order valence-corrected chi connectivity index (χ2v) is 5.04. The lowest BCUT2D eigenvalue weighted by atomic mass is 10.2. The molecule has 0 aliphatic carbocycles. The van der Waals surface area contributed by atoms with Crippen molar-refractivity contribution in [3.05, 3.63) is 26.7 Å². The van der Waals surface area contributed by atoms with Gasteiger partial charge >= 0.3 is 5.97 Å². The summed E-state index contributed by atoms with van der Waals surface area (Å²) in [5, 5.41) is 8.68. The van der Waals surface area contributed by atoms with Crippen molar-refractivity contribution >= 4 is 43.9 Å². The summed E-state index contributed by atoms with van der Waals surface area (Å²) in [5.74, 6) is 0.169. The van der Waals surface area contributed by atoms with Crippen molar-refractivity contribution in [1.82, 2.24) is 0 Å². The molecule has 4 nitrogen and oxygen atoms in total. The molecule has 0 saturated carbocycles. The van der Waals surface area contributed by atoms with Crippen LogP contribution in [0.2, 0.25) is 0 Å². The van der Waals surface area contributed by atoms with Crippen LogP contribution in [-0.2, 0) is 4.79 Å². The molecule has 0 amide bonds. The fourth-order valence-electron chi connectivity index (χ4n) is 1.43. The molecular weight excluding hydrogens is 380 g/mol. The molecule has 1 N–H and O–H groups in total. The van der Waals surface area contributed by atoms with Crippen molar-refractivity contribution in [1.29, 1.82) is 0 Å². The molecule has 1 aromatic rings. The van der Waals surface area contributed by atoms with E-state index in [4.69, 9.17) is 14.6 Å². The SMILES string of the molecule is CCOc1cc(C=CC(=O)O)c(Br)c(Br)c1OCC. The highest BCUT2D eigenvalue weighted by Crippen LogP contribution is 2.43. The zero-order valence-corrected chi connectivity index (χ0v) is 13.7. The third kappa shape index (κ3) is 4.24. The molecule has 0 unspecified atom stereocenters. The molecule has 104 valence electrons. The standard InChI is InChI=1S/C13H14Br2O4/c1-3-18-9-7-8(5-6-10(16)17)11(14)12(15)13(9)19-4-2/h5-7H,3-4H2,1-2H3,(H,16,17). The van der Waals surface area contributed by atoms with E-state index in [0.29, 0.717) is 34.7 Å². The molecule has 19 heavy (non-hydrogen) atoms. The van der Waals surface area contributed by atoms with Crippen molar-refractivity contribution in [2.75, 3.05) is 13.2 Å². The average molecular weight is 394 g/mol. The van der Waals surface area contributed by atoms with Gasteiger partial charge in [0.15, 0.2) is 11.5 Å². The highest BCUT2D eigenvalue weighted by Gasteiger charge is 2.16. The molecule has 0 bridgehead atoms. The summed E-state index contributed by atoms with van der Waals surface area (Å²) >= 11 is 6.84. The Balaban J connectivity index is 3.31. The number of hydrogen-bond donors (Lipinski definition) is 1. The van der Waals surface area contributed by atoms with Crippen molar-refractivity contribution < 1.29 is 19.4 Å². The van der Waals surface area contributed by atoms with E-state index in [2.05, 4.69) is 31.9 Å². The summed E-state index contributed by atoms with van der Waals surface area (Å²) in [7, 11) is 0. The molecule has 0 aliphatic heterocycles. The van der Waals surface area contributed by atoms with Gasteiger partial charge in [0.1, 0.15) is 0 Å². The van der Waals surface area contributed by atoms with Crippen molar-refractivity contribution in [3.8, 4) is 11.5 Å². The summed E-state index contributed by atoms with van der Waals surface area (Å²) < 4.78 is 12.5. The van der Waals surface area contributed by atoms with Crippen LogP contribution in [-0.4, -0.2) is 24.3 Å². The molecule has 0 radical (unpaired) electrons. The molecular formula is C13H14Br2O4. The van der Waals surface area contributed by atoms with Crippen LogP contribution in [0.25, 0.3) is 6.08 Å². The van der Waals surface area contributed by atoms with E-state index in [-0.39, 0.29) is 0 Å². The van der Waals surface area contributed by atoms with Gasteiger partial charge in [0.05, 0.1) is 17.7 Å². The topological polar surface area (TPSA) is 55.8 Å². The maximum absolute atomic E-state index is 10.6. The van der Waals surface area contributed by atoms with E-state index < -0.39 is 5.97 Å². The van der Waals surface area contributed by atoms with Crippen LogP contribution in [0.3, 0.4) is 0 Å². The molecule has 0 heterocycles. The smallest absolute Gasteiger partial charge is 0.328 e. The zero-order chi connectivity index (χ0) is 14.4. The van der Waals surface area contributed by atoms with Gasteiger partial charge in [-0.3, -0.25) is 0 Å². The summed E-state index contributed by atoms with van der Waals surface area (Å²) in [6.07, 6.45) is 2.57. The molecule has 0 spiro atoms. The number of carboxylic acids is 1. The Hall–Kier alpha value is -1.01. The minimum absolute atomic E-state index is 0.496. The molecule has 0 saturated heterocycles. The molecule has 0 aromatic heterocycles. The van der Waals surface area contributed by atoms with E-state index in [1.807, 2.05) is 13.8 Å². The van der Waals surface area contributed by atoms with Crippen LogP contribution in [0, 0.1) is 0 Å². The zero-order valence-electron chi connectivity index (χ0n) is 10.6.